The third-order valence-corrected chi connectivity index (χ3v) is 6.59. The van der Waals surface area contributed by atoms with Crippen LogP contribution in [0.5, 0.6) is 0 Å². The molecule has 0 saturated carbocycles. The number of aryl methyl sites for hydroxylation is 1. The van der Waals surface area contributed by atoms with Gasteiger partial charge in [-0.3, -0.25) is 4.79 Å². The van der Waals surface area contributed by atoms with Crippen molar-refractivity contribution in [3.05, 3.63) is 65.7 Å². The molecule has 0 N–H and O–H groups in total. The maximum absolute atomic E-state index is 12.9. The molecule has 1 saturated heterocycles. The van der Waals surface area contributed by atoms with Crippen molar-refractivity contribution >= 4 is 15.9 Å². The molecule has 2 aromatic rings. The molecule has 0 aromatic heterocycles. The van der Waals surface area contributed by atoms with E-state index in [0.29, 0.717) is 32.5 Å². The zero-order chi connectivity index (χ0) is 19.5. The summed E-state index contributed by atoms with van der Waals surface area (Å²) in [6.07, 6.45) is 1.26. The van der Waals surface area contributed by atoms with Crippen LogP contribution in [0.4, 0.5) is 0 Å². The highest BCUT2D eigenvalue weighted by Gasteiger charge is 2.42. The Balaban J connectivity index is 1.88. The molecule has 2 aromatic carbocycles. The second-order valence-electron chi connectivity index (χ2n) is 7.38. The molecule has 0 atom stereocenters. The molecule has 6 heteroatoms. The van der Waals surface area contributed by atoms with E-state index in [1.54, 1.807) is 31.2 Å². The van der Waals surface area contributed by atoms with Crippen molar-refractivity contribution in [2.24, 2.45) is 5.92 Å². The molecular formula is C21H26NO4S+. The summed E-state index contributed by atoms with van der Waals surface area (Å²) in [5, 5.41) is 0. The van der Waals surface area contributed by atoms with Gasteiger partial charge in [0.2, 0.25) is 0 Å². The number of carbonyl (C=O) groups is 1. The number of ketones is 1. The number of Topliss-reactive ketones (excluding diaryl/α,β-unsaturated/α-hetero) is 1. The third kappa shape index (κ3) is 4.83. The smallest absolute Gasteiger partial charge is 0.300 e. The van der Waals surface area contributed by atoms with Gasteiger partial charge in [-0.1, -0.05) is 52.3 Å². The van der Waals surface area contributed by atoms with Crippen molar-refractivity contribution in [3.63, 3.8) is 0 Å². The van der Waals surface area contributed by atoms with E-state index >= 15 is 0 Å². The lowest BCUT2D eigenvalue weighted by Gasteiger charge is -2.39. The molecule has 1 fully saturated rings. The highest BCUT2D eigenvalue weighted by molar-refractivity contribution is 7.86. The van der Waals surface area contributed by atoms with E-state index in [1.807, 2.05) is 37.3 Å². The van der Waals surface area contributed by atoms with E-state index in [0.717, 1.165) is 11.1 Å². The second-order valence-corrected chi connectivity index (χ2v) is 8.90. The van der Waals surface area contributed by atoms with Gasteiger partial charge in [0, 0.05) is 24.3 Å². The zero-order valence-electron chi connectivity index (χ0n) is 15.8. The number of hydroxylamine groups is 3. The molecule has 0 spiro atoms. The fourth-order valence-electron chi connectivity index (χ4n) is 3.58. The molecule has 1 aliphatic rings. The topological polar surface area (TPSA) is 60.4 Å². The lowest BCUT2D eigenvalue weighted by atomic mass is 9.93. The molecule has 27 heavy (non-hydrogen) atoms. The molecular weight excluding hydrogens is 362 g/mol. The van der Waals surface area contributed by atoms with Crippen molar-refractivity contribution in [2.75, 3.05) is 13.1 Å². The van der Waals surface area contributed by atoms with Crippen LogP contribution in [0.25, 0.3) is 0 Å². The van der Waals surface area contributed by atoms with Crippen molar-refractivity contribution in [1.29, 1.82) is 0 Å². The zero-order valence-corrected chi connectivity index (χ0v) is 16.6. The number of nitrogens with zero attached hydrogens (tertiary/aromatic N) is 1. The number of benzene rings is 2. The summed E-state index contributed by atoms with van der Waals surface area (Å²) in [7, 11) is -3.91. The Morgan fingerprint density at radius 1 is 1.04 bits per heavy atom. The van der Waals surface area contributed by atoms with E-state index in [-0.39, 0.29) is 21.2 Å². The number of carbonyl (C=O) groups excluding carboxylic acids is 1. The Morgan fingerprint density at radius 2 is 1.63 bits per heavy atom. The molecule has 0 radical (unpaired) electrons. The van der Waals surface area contributed by atoms with Gasteiger partial charge in [-0.25, -0.2) is 0 Å². The number of quaternary nitrogens is 1. The minimum Gasteiger partial charge on any atom is -0.300 e. The molecule has 0 bridgehead atoms. The van der Waals surface area contributed by atoms with Crippen LogP contribution >= 0.6 is 0 Å². The van der Waals surface area contributed by atoms with Gasteiger partial charge in [0.25, 0.3) is 0 Å². The van der Waals surface area contributed by atoms with Crippen LogP contribution in [-0.4, -0.2) is 31.9 Å². The molecule has 1 aliphatic heterocycles. The normalized spacial score (nSPS) is 23.1. The Morgan fingerprint density at radius 3 is 2.19 bits per heavy atom. The van der Waals surface area contributed by atoms with Crippen molar-refractivity contribution in [2.45, 2.75) is 38.1 Å². The van der Waals surface area contributed by atoms with Crippen LogP contribution in [0.1, 0.15) is 30.9 Å². The second kappa shape index (κ2) is 7.92. The number of likely N-dealkylation sites (tertiary alicyclic amines) is 1. The van der Waals surface area contributed by atoms with Crippen molar-refractivity contribution in [1.82, 2.24) is 0 Å². The highest BCUT2D eigenvalue weighted by atomic mass is 32.2. The minimum atomic E-state index is -3.91. The van der Waals surface area contributed by atoms with E-state index in [4.69, 9.17) is 4.28 Å². The van der Waals surface area contributed by atoms with Gasteiger partial charge in [-0.15, -0.1) is 0 Å². The minimum absolute atomic E-state index is 0.00992. The van der Waals surface area contributed by atoms with Crippen LogP contribution < -0.4 is 0 Å². The summed E-state index contributed by atoms with van der Waals surface area (Å²) in [4.78, 5) is 11.9. The fraction of sp³-hybridized carbons (Fsp3) is 0.381. The lowest BCUT2D eigenvalue weighted by molar-refractivity contribution is -1.09. The average molecular weight is 389 g/mol. The predicted octanol–water partition coefficient (Wildman–Crippen LogP) is 3.63. The standard InChI is InChI=1S/C21H26NO4S/c1-17-8-10-21(11-9-17)27(24,25)26-22(16-19-6-4-3-5-7-19)14-12-20(13-15-22)18(2)23/h3-11,20H,12-16H2,1-2H3/q+1. The average Bonchev–Trinajstić information content (AvgIpc) is 2.63. The number of rotatable bonds is 6. The SMILES string of the molecule is CC(=O)C1CC[N+](Cc2ccccc2)(OS(=O)(=O)c2ccc(C)cc2)CC1. The molecule has 0 amide bonds. The third-order valence-electron chi connectivity index (χ3n) is 5.22. The van der Waals surface area contributed by atoms with Gasteiger partial charge >= 0.3 is 10.1 Å². The first-order valence-corrected chi connectivity index (χ1v) is 10.6. The van der Waals surface area contributed by atoms with E-state index in [1.165, 1.54) is 0 Å². The predicted molar refractivity (Wildman–Crippen MR) is 103 cm³/mol. The molecule has 3 rings (SSSR count). The van der Waals surface area contributed by atoms with Gasteiger partial charge in [0.05, 0.1) is 4.90 Å². The van der Waals surface area contributed by atoms with Crippen LogP contribution in [0.2, 0.25) is 0 Å². The summed E-state index contributed by atoms with van der Waals surface area (Å²) < 4.78 is 31.6. The molecule has 0 aliphatic carbocycles. The fourth-order valence-corrected chi connectivity index (χ4v) is 4.75. The maximum Gasteiger partial charge on any atom is 0.342 e. The first-order chi connectivity index (χ1) is 12.8. The summed E-state index contributed by atoms with van der Waals surface area (Å²) >= 11 is 0. The van der Waals surface area contributed by atoms with Crippen molar-refractivity contribution < 1.29 is 22.1 Å². The first kappa shape index (κ1) is 19.7. The quantitative estimate of drug-likeness (QED) is 0.709. The van der Waals surface area contributed by atoms with Gasteiger partial charge in [-0.05, 0) is 26.0 Å². The van der Waals surface area contributed by atoms with Gasteiger partial charge < -0.3 is 0 Å². The van der Waals surface area contributed by atoms with E-state index in [2.05, 4.69) is 0 Å². The Kier molecular flexibility index (Phi) is 5.79. The molecule has 144 valence electrons. The molecule has 5 nitrogen and oxygen atoms in total. The largest absolute Gasteiger partial charge is 0.342 e. The van der Waals surface area contributed by atoms with Crippen LogP contribution in [0.15, 0.2) is 59.5 Å². The monoisotopic (exact) mass is 388 g/mol. The van der Waals surface area contributed by atoms with Gasteiger partial charge in [0.15, 0.2) is 0 Å². The van der Waals surface area contributed by atoms with Gasteiger partial charge in [-0.2, -0.15) is 13.1 Å². The lowest BCUT2D eigenvalue weighted by Crippen LogP contribution is -2.53. The number of piperidine rings is 1. The van der Waals surface area contributed by atoms with Gasteiger partial charge in [0.1, 0.15) is 25.4 Å². The summed E-state index contributed by atoms with van der Waals surface area (Å²) in [5.41, 5.74) is 2.00. The molecule has 1 heterocycles. The van der Waals surface area contributed by atoms with Crippen LogP contribution in [0, 0.1) is 12.8 Å². The van der Waals surface area contributed by atoms with E-state index in [9.17, 15) is 13.2 Å². The summed E-state index contributed by atoms with van der Waals surface area (Å²) in [5.74, 6) is 0.145. The summed E-state index contributed by atoms with van der Waals surface area (Å²) in [6, 6.07) is 16.4. The number of hydrogen-bond donors (Lipinski definition) is 0. The van der Waals surface area contributed by atoms with Crippen molar-refractivity contribution in [3.8, 4) is 0 Å². The Hall–Kier alpha value is -2.02. The number of hydrogen-bond acceptors (Lipinski definition) is 4. The first-order valence-electron chi connectivity index (χ1n) is 9.23. The molecule has 0 unspecified atom stereocenters. The maximum atomic E-state index is 12.9. The Labute approximate surface area is 161 Å². The van der Waals surface area contributed by atoms with E-state index < -0.39 is 10.1 Å². The van der Waals surface area contributed by atoms with Crippen LogP contribution in [0.3, 0.4) is 0 Å². The summed E-state index contributed by atoms with van der Waals surface area (Å²) in [6.45, 7) is 4.95. The highest BCUT2D eigenvalue weighted by Crippen LogP contribution is 2.30. The van der Waals surface area contributed by atoms with Crippen LogP contribution in [-0.2, 0) is 25.7 Å². The Bertz CT molecular complexity index is 884.